The molecule has 0 radical (unpaired) electrons. The second-order valence-corrected chi connectivity index (χ2v) is 5.21. The molecule has 0 bridgehead atoms. The zero-order valence-corrected chi connectivity index (χ0v) is 12.2. The van der Waals surface area contributed by atoms with Gasteiger partial charge in [0.05, 0.1) is 0 Å². The molecule has 1 aromatic heterocycles. The van der Waals surface area contributed by atoms with Crippen LogP contribution in [-0.4, -0.2) is 29.2 Å². The van der Waals surface area contributed by atoms with E-state index in [0.29, 0.717) is 11.8 Å². The topological polar surface area (TPSA) is 42.2 Å². The van der Waals surface area contributed by atoms with Crippen LogP contribution in [0.4, 0.5) is 0 Å². The van der Waals surface area contributed by atoms with E-state index in [9.17, 15) is 0 Å². The third-order valence-electron chi connectivity index (χ3n) is 3.15. The molecule has 4 heteroatoms. The van der Waals surface area contributed by atoms with Crippen LogP contribution < -0.4 is 0 Å². The van der Waals surface area contributed by atoms with Gasteiger partial charge >= 0.3 is 0 Å². The largest absolute Gasteiger partial charge is 0.416 e. The van der Waals surface area contributed by atoms with Gasteiger partial charge in [0.25, 0.3) is 0 Å². The first-order valence-electron chi connectivity index (χ1n) is 6.85. The first kappa shape index (κ1) is 13.5. The monoisotopic (exact) mass is 279 g/mol. The Bertz CT molecular complexity index is 702. The molecule has 0 aliphatic rings. The SMILES string of the molecule is CN(C)Cc1ccc(-c2nnc(-c3ccccc3)o2)cc1. The first-order chi connectivity index (χ1) is 10.2. The first-order valence-corrected chi connectivity index (χ1v) is 6.85. The van der Waals surface area contributed by atoms with Gasteiger partial charge in [-0.25, -0.2) is 0 Å². The molecule has 3 rings (SSSR count). The Hall–Kier alpha value is -2.46. The van der Waals surface area contributed by atoms with Crippen LogP contribution in [-0.2, 0) is 6.54 Å². The van der Waals surface area contributed by atoms with Gasteiger partial charge in [-0.15, -0.1) is 10.2 Å². The van der Waals surface area contributed by atoms with Gasteiger partial charge in [0, 0.05) is 17.7 Å². The van der Waals surface area contributed by atoms with Gasteiger partial charge in [0.1, 0.15) is 0 Å². The zero-order valence-electron chi connectivity index (χ0n) is 12.2. The Balaban J connectivity index is 1.83. The van der Waals surface area contributed by atoms with E-state index in [1.165, 1.54) is 5.56 Å². The van der Waals surface area contributed by atoms with E-state index in [4.69, 9.17) is 4.42 Å². The minimum atomic E-state index is 0.544. The summed E-state index contributed by atoms with van der Waals surface area (Å²) >= 11 is 0. The molecule has 21 heavy (non-hydrogen) atoms. The summed E-state index contributed by atoms with van der Waals surface area (Å²) in [6.07, 6.45) is 0. The zero-order chi connectivity index (χ0) is 14.7. The normalized spacial score (nSPS) is 11.0. The van der Waals surface area contributed by atoms with E-state index in [1.807, 2.05) is 42.5 Å². The fraction of sp³-hybridized carbons (Fsp3) is 0.176. The van der Waals surface area contributed by atoms with E-state index >= 15 is 0 Å². The van der Waals surface area contributed by atoms with E-state index in [2.05, 4.69) is 41.3 Å². The fourth-order valence-electron chi connectivity index (χ4n) is 2.16. The van der Waals surface area contributed by atoms with E-state index in [-0.39, 0.29) is 0 Å². The van der Waals surface area contributed by atoms with Crippen molar-refractivity contribution >= 4 is 0 Å². The predicted octanol–water partition coefficient (Wildman–Crippen LogP) is 3.47. The molecule has 1 heterocycles. The quantitative estimate of drug-likeness (QED) is 0.733. The van der Waals surface area contributed by atoms with E-state index in [0.717, 1.165) is 17.7 Å². The molecule has 0 aliphatic carbocycles. The second kappa shape index (κ2) is 5.89. The smallest absolute Gasteiger partial charge is 0.248 e. The number of benzene rings is 2. The van der Waals surface area contributed by atoms with Crippen LogP contribution in [0.15, 0.2) is 59.0 Å². The number of nitrogens with zero attached hydrogens (tertiary/aromatic N) is 3. The van der Waals surface area contributed by atoms with Crippen LogP contribution in [0.1, 0.15) is 5.56 Å². The lowest BCUT2D eigenvalue weighted by molar-refractivity contribution is 0.402. The Morgan fingerprint density at radius 2 is 1.38 bits per heavy atom. The Morgan fingerprint density at radius 1 is 0.810 bits per heavy atom. The average molecular weight is 279 g/mol. The molecule has 2 aromatic carbocycles. The highest BCUT2D eigenvalue weighted by atomic mass is 16.4. The minimum Gasteiger partial charge on any atom is -0.416 e. The molecule has 0 fully saturated rings. The lowest BCUT2D eigenvalue weighted by Gasteiger charge is -2.09. The Kier molecular flexibility index (Phi) is 3.79. The van der Waals surface area contributed by atoms with Crippen LogP contribution in [0, 0.1) is 0 Å². The van der Waals surface area contributed by atoms with Gasteiger partial charge in [0.15, 0.2) is 0 Å². The van der Waals surface area contributed by atoms with Crippen molar-refractivity contribution in [1.82, 2.24) is 15.1 Å². The molecule has 3 aromatic rings. The lowest BCUT2D eigenvalue weighted by Crippen LogP contribution is -2.10. The van der Waals surface area contributed by atoms with Gasteiger partial charge in [-0.2, -0.15) is 0 Å². The van der Waals surface area contributed by atoms with Gasteiger partial charge in [-0.3, -0.25) is 0 Å². The van der Waals surface area contributed by atoms with Crippen LogP contribution >= 0.6 is 0 Å². The maximum atomic E-state index is 5.74. The summed E-state index contributed by atoms with van der Waals surface area (Å²) in [5.41, 5.74) is 3.12. The summed E-state index contributed by atoms with van der Waals surface area (Å²) < 4.78 is 5.74. The highest BCUT2D eigenvalue weighted by Gasteiger charge is 2.10. The molecule has 0 atom stereocenters. The molecule has 0 amide bonds. The van der Waals surface area contributed by atoms with Crippen molar-refractivity contribution in [3.63, 3.8) is 0 Å². The summed E-state index contributed by atoms with van der Waals surface area (Å²) in [5, 5.41) is 8.24. The number of rotatable bonds is 4. The van der Waals surface area contributed by atoms with Gasteiger partial charge in [-0.05, 0) is 43.9 Å². The number of aromatic nitrogens is 2. The maximum Gasteiger partial charge on any atom is 0.248 e. The van der Waals surface area contributed by atoms with Crippen molar-refractivity contribution in [2.75, 3.05) is 14.1 Å². The summed E-state index contributed by atoms with van der Waals surface area (Å²) in [6, 6.07) is 18.0. The molecule has 4 nitrogen and oxygen atoms in total. The summed E-state index contributed by atoms with van der Waals surface area (Å²) in [5.74, 6) is 1.09. The molecule has 0 aliphatic heterocycles. The second-order valence-electron chi connectivity index (χ2n) is 5.21. The lowest BCUT2D eigenvalue weighted by atomic mass is 10.1. The fourth-order valence-corrected chi connectivity index (χ4v) is 2.16. The van der Waals surface area contributed by atoms with Gasteiger partial charge in [0.2, 0.25) is 11.8 Å². The maximum absolute atomic E-state index is 5.74. The molecule has 0 spiro atoms. The predicted molar refractivity (Wildman–Crippen MR) is 82.6 cm³/mol. The van der Waals surface area contributed by atoms with E-state index < -0.39 is 0 Å². The van der Waals surface area contributed by atoms with Gasteiger partial charge < -0.3 is 9.32 Å². The highest BCUT2D eigenvalue weighted by Crippen LogP contribution is 2.23. The average Bonchev–Trinajstić information content (AvgIpc) is 2.98. The standard InChI is InChI=1S/C17H17N3O/c1-20(2)12-13-8-10-15(11-9-13)17-19-18-16(21-17)14-6-4-3-5-7-14/h3-11H,12H2,1-2H3. The summed E-state index contributed by atoms with van der Waals surface area (Å²) in [4.78, 5) is 2.13. The van der Waals surface area contributed by atoms with E-state index in [1.54, 1.807) is 0 Å². The summed E-state index contributed by atoms with van der Waals surface area (Å²) in [7, 11) is 4.11. The van der Waals surface area contributed by atoms with Crippen molar-refractivity contribution in [3.8, 4) is 22.9 Å². The number of hydrogen-bond donors (Lipinski definition) is 0. The number of hydrogen-bond acceptors (Lipinski definition) is 4. The molecular weight excluding hydrogens is 262 g/mol. The van der Waals surface area contributed by atoms with Crippen molar-refractivity contribution in [2.24, 2.45) is 0 Å². The van der Waals surface area contributed by atoms with Crippen LogP contribution in [0.5, 0.6) is 0 Å². The highest BCUT2D eigenvalue weighted by molar-refractivity contribution is 5.57. The van der Waals surface area contributed by atoms with Gasteiger partial charge in [-0.1, -0.05) is 30.3 Å². The van der Waals surface area contributed by atoms with Crippen molar-refractivity contribution in [2.45, 2.75) is 6.54 Å². The third kappa shape index (κ3) is 3.17. The molecule has 0 saturated heterocycles. The van der Waals surface area contributed by atoms with Crippen LogP contribution in [0.2, 0.25) is 0 Å². The third-order valence-corrected chi connectivity index (χ3v) is 3.15. The van der Waals surface area contributed by atoms with Crippen LogP contribution in [0.25, 0.3) is 22.9 Å². The van der Waals surface area contributed by atoms with Crippen molar-refractivity contribution < 1.29 is 4.42 Å². The Morgan fingerprint density at radius 3 is 1.95 bits per heavy atom. The molecule has 0 saturated carbocycles. The Labute approximate surface area is 124 Å². The van der Waals surface area contributed by atoms with Crippen molar-refractivity contribution in [1.29, 1.82) is 0 Å². The molecular formula is C17H17N3O. The summed E-state index contributed by atoms with van der Waals surface area (Å²) in [6.45, 7) is 0.916. The molecule has 106 valence electrons. The van der Waals surface area contributed by atoms with Crippen LogP contribution in [0.3, 0.4) is 0 Å². The minimum absolute atomic E-state index is 0.544. The molecule has 0 unspecified atom stereocenters. The van der Waals surface area contributed by atoms with Crippen molar-refractivity contribution in [3.05, 3.63) is 60.2 Å². The molecule has 0 N–H and O–H groups in total.